The number of aromatic nitrogens is 2. The SMILES string of the molecule is CC(C)CN1C(=O)C2C=CC=CC2=[N+](Cc2nc(-c3ccc(Cl)cc3)no2)C1=O. The normalized spacial score (nSPS) is 18.8. The first kappa shape index (κ1) is 19.3. The van der Waals surface area contributed by atoms with Gasteiger partial charge in [0, 0.05) is 10.6 Å². The van der Waals surface area contributed by atoms with Crippen LogP contribution < -0.4 is 0 Å². The minimum Gasteiger partial charge on any atom is -0.335 e. The summed E-state index contributed by atoms with van der Waals surface area (Å²) in [6.45, 7) is 4.38. The van der Waals surface area contributed by atoms with Crippen LogP contribution in [-0.4, -0.2) is 43.8 Å². The maximum atomic E-state index is 13.1. The Morgan fingerprint density at radius 2 is 1.97 bits per heavy atom. The van der Waals surface area contributed by atoms with Crippen molar-refractivity contribution in [2.45, 2.75) is 20.4 Å². The number of allylic oxidation sites excluding steroid dienone is 3. The standard InChI is InChI=1S/C21H20ClN4O3/c1-13(2)11-26-20(27)16-5-3-4-6-17(16)25(21(26)28)12-18-23-19(24-29-18)14-7-9-15(22)10-8-14/h3-10,13,16H,11-12H2,1-2H3/q+1. The zero-order valence-corrected chi connectivity index (χ0v) is 16.8. The number of benzene rings is 1. The maximum absolute atomic E-state index is 13.1. The summed E-state index contributed by atoms with van der Waals surface area (Å²) in [5, 5.41) is 4.62. The predicted octanol–water partition coefficient (Wildman–Crippen LogP) is 3.70. The Kier molecular flexibility index (Phi) is 5.15. The number of rotatable bonds is 5. The molecule has 0 spiro atoms. The summed E-state index contributed by atoms with van der Waals surface area (Å²) >= 11 is 5.92. The van der Waals surface area contributed by atoms with Crippen molar-refractivity contribution in [3.05, 3.63) is 59.5 Å². The van der Waals surface area contributed by atoms with E-state index in [9.17, 15) is 9.59 Å². The van der Waals surface area contributed by atoms with Crippen LogP contribution in [0.4, 0.5) is 4.79 Å². The summed E-state index contributed by atoms with van der Waals surface area (Å²) in [4.78, 5) is 31.6. The van der Waals surface area contributed by atoms with Gasteiger partial charge in [0.05, 0.1) is 6.54 Å². The lowest BCUT2D eigenvalue weighted by Crippen LogP contribution is -2.55. The number of fused-ring (bicyclic) bond motifs is 1. The van der Waals surface area contributed by atoms with Gasteiger partial charge in [0.2, 0.25) is 5.82 Å². The van der Waals surface area contributed by atoms with Crippen LogP contribution in [-0.2, 0) is 11.3 Å². The van der Waals surface area contributed by atoms with Crippen LogP contribution in [0.25, 0.3) is 11.4 Å². The number of nitrogens with zero attached hydrogens (tertiary/aromatic N) is 4. The molecule has 7 nitrogen and oxygen atoms in total. The second kappa shape index (κ2) is 7.75. The lowest BCUT2D eigenvalue weighted by molar-refractivity contribution is -0.460. The molecule has 1 atom stereocenters. The van der Waals surface area contributed by atoms with E-state index in [1.807, 2.05) is 26.0 Å². The molecule has 148 valence electrons. The van der Waals surface area contributed by atoms with Crippen molar-refractivity contribution in [2.75, 3.05) is 6.54 Å². The summed E-state index contributed by atoms with van der Waals surface area (Å²) in [7, 11) is 0. The minimum absolute atomic E-state index is 0.0886. The monoisotopic (exact) mass is 411 g/mol. The molecular weight excluding hydrogens is 392 g/mol. The van der Waals surface area contributed by atoms with Crippen molar-refractivity contribution in [3.63, 3.8) is 0 Å². The number of carbonyl (C=O) groups excluding carboxylic acids is 2. The van der Waals surface area contributed by atoms with Crippen LogP contribution >= 0.6 is 11.6 Å². The maximum Gasteiger partial charge on any atom is 0.501 e. The summed E-state index contributed by atoms with van der Waals surface area (Å²) < 4.78 is 6.91. The Bertz CT molecular complexity index is 1050. The second-order valence-corrected chi connectivity index (χ2v) is 7.81. The fourth-order valence-corrected chi connectivity index (χ4v) is 3.51. The number of halogens is 1. The number of amides is 3. The molecule has 0 radical (unpaired) electrons. The number of carbonyl (C=O) groups is 2. The highest BCUT2D eigenvalue weighted by Gasteiger charge is 2.47. The van der Waals surface area contributed by atoms with E-state index in [1.54, 1.807) is 36.4 Å². The summed E-state index contributed by atoms with van der Waals surface area (Å²) in [5.74, 6) is 0.167. The molecule has 1 aliphatic carbocycles. The molecule has 0 fully saturated rings. The van der Waals surface area contributed by atoms with Gasteiger partial charge in [-0.15, -0.1) is 0 Å². The van der Waals surface area contributed by atoms with Gasteiger partial charge in [0.15, 0.2) is 6.54 Å². The van der Waals surface area contributed by atoms with Crippen molar-refractivity contribution in [1.29, 1.82) is 0 Å². The van der Waals surface area contributed by atoms with E-state index < -0.39 is 5.92 Å². The third-order valence-electron chi connectivity index (χ3n) is 4.72. The molecule has 2 aromatic rings. The largest absolute Gasteiger partial charge is 0.501 e. The fraction of sp³-hybridized carbons (Fsp3) is 0.286. The van der Waals surface area contributed by atoms with Gasteiger partial charge in [0.1, 0.15) is 11.6 Å². The average Bonchev–Trinajstić information content (AvgIpc) is 3.17. The van der Waals surface area contributed by atoms with Crippen LogP contribution in [0.3, 0.4) is 0 Å². The van der Waals surface area contributed by atoms with Crippen molar-refractivity contribution >= 4 is 29.3 Å². The van der Waals surface area contributed by atoms with Gasteiger partial charge in [0.25, 0.3) is 5.89 Å². The molecule has 4 rings (SSSR count). The van der Waals surface area contributed by atoms with Crippen LogP contribution in [0, 0.1) is 11.8 Å². The average molecular weight is 412 g/mol. The Labute approximate surface area is 173 Å². The Hall–Kier alpha value is -3.06. The van der Waals surface area contributed by atoms with Gasteiger partial charge < -0.3 is 4.52 Å². The topological polar surface area (TPSA) is 79.3 Å². The fourth-order valence-electron chi connectivity index (χ4n) is 3.38. The molecule has 3 amide bonds. The number of urea groups is 1. The first-order valence-electron chi connectivity index (χ1n) is 9.37. The van der Waals surface area contributed by atoms with E-state index in [-0.39, 0.29) is 30.3 Å². The van der Waals surface area contributed by atoms with Gasteiger partial charge in [-0.05, 0) is 36.3 Å². The lowest BCUT2D eigenvalue weighted by atomic mass is 9.94. The molecule has 0 bridgehead atoms. The van der Waals surface area contributed by atoms with Crippen molar-refractivity contribution in [1.82, 2.24) is 15.0 Å². The van der Waals surface area contributed by atoms with Gasteiger partial charge in [-0.25, -0.2) is 4.79 Å². The highest BCUT2D eigenvalue weighted by molar-refractivity contribution is 6.30. The first-order valence-corrected chi connectivity index (χ1v) is 9.75. The lowest BCUT2D eigenvalue weighted by Gasteiger charge is -2.27. The molecule has 1 aliphatic heterocycles. The Balaban J connectivity index is 1.66. The zero-order chi connectivity index (χ0) is 20.5. The van der Waals surface area contributed by atoms with Crippen LogP contribution in [0.5, 0.6) is 0 Å². The van der Waals surface area contributed by atoms with Crippen molar-refractivity contribution in [3.8, 4) is 11.4 Å². The quantitative estimate of drug-likeness (QED) is 0.701. The summed E-state index contributed by atoms with van der Waals surface area (Å²) in [6, 6.07) is 6.71. The van der Waals surface area contributed by atoms with Crippen molar-refractivity contribution in [2.24, 2.45) is 11.8 Å². The third-order valence-corrected chi connectivity index (χ3v) is 4.97. The van der Waals surface area contributed by atoms with E-state index in [2.05, 4.69) is 10.1 Å². The van der Waals surface area contributed by atoms with E-state index in [4.69, 9.17) is 16.1 Å². The molecule has 1 aromatic carbocycles. The highest BCUT2D eigenvalue weighted by Crippen LogP contribution is 2.23. The first-order chi connectivity index (χ1) is 13.9. The molecule has 29 heavy (non-hydrogen) atoms. The van der Waals surface area contributed by atoms with E-state index in [1.165, 1.54) is 9.48 Å². The van der Waals surface area contributed by atoms with E-state index in [0.717, 1.165) is 5.56 Å². The number of hydrogen-bond donors (Lipinski definition) is 0. The zero-order valence-electron chi connectivity index (χ0n) is 16.1. The highest BCUT2D eigenvalue weighted by atomic mass is 35.5. The number of imide groups is 1. The molecule has 2 heterocycles. The van der Waals surface area contributed by atoms with Crippen LogP contribution in [0.15, 0.2) is 53.1 Å². The number of hydrogen-bond acceptors (Lipinski definition) is 5. The smallest absolute Gasteiger partial charge is 0.335 e. The van der Waals surface area contributed by atoms with Crippen molar-refractivity contribution < 1.29 is 18.7 Å². The Morgan fingerprint density at radius 3 is 2.69 bits per heavy atom. The van der Waals surface area contributed by atoms with Gasteiger partial charge in [-0.3, -0.25) is 0 Å². The van der Waals surface area contributed by atoms with Gasteiger partial charge in [-0.1, -0.05) is 48.8 Å². The minimum atomic E-state index is -0.491. The second-order valence-electron chi connectivity index (χ2n) is 7.38. The third kappa shape index (κ3) is 3.78. The molecule has 8 heteroatoms. The molecule has 0 saturated carbocycles. The summed E-state index contributed by atoms with van der Waals surface area (Å²) in [6.07, 6.45) is 7.21. The molecule has 1 unspecified atom stereocenters. The van der Waals surface area contributed by atoms with E-state index >= 15 is 0 Å². The predicted molar refractivity (Wildman–Crippen MR) is 107 cm³/mol. The molecule has 1 aromatic heterocycles. The molecule has 0 N–H and O–H groups in total. The molecular formula is C21H20ClN4O3+. The summed E-state index contributed by atoms with van der Waals surface area (Å²) in [5.41, 5.74) is 1.38. The van der Waals surface area contributed by atoms with Gasteiger partial charge in [-0.2, -0.15) is 19.3 Å². The van der Waals surface area contributed by atoms with Crippen LogP contribution in [0.2, 0.25) is 5.02 Å². The Morgan fingerprint density at radius 1 is 1.21 bits per heavy atom. The molecule has 0 saturated heterocycles. The van der Waals surface area contributed by atoms with Crippen LogP contribution in [0.1, 0.15) is 19.7 Å². The molecule has 2 aliphatic rings. The van der Waals surface area contributed by atoms with Gasteiger partial charge >= 0.3 is 11.9 Å². The van der Waals surface area contributed by atoms with E-state index in [0.29, 0.717) is 23.1 Å².